The summed E-state index contributed by atoms with van der Waals surface area (Å²) in [5, 5.41) is 7.99. The lowest BCUT2D eigenvalue weighted by Crippen LogP contribution is -2.08. The maximum absolute atomic E-state index is 11.6. The van der Waals surface area contributed by atoms with Crippen molar-refractivity contribution in [1.82, 2.24) is 10.2 Å². The Kier molecular flexibility index (Phi) is 1.86. The average Bonchev–Trinajstić information content (AvgIpc) is 2.83. The van der Waals surface area contributed by atoms with Crippen molar-refractivity contribution in [1.29, 1.82) is 0 Å². The number of nitrogens with zero attached hydrogens (tertiary/aromatic N) is 1. The Balaban J connectivity index is 2.43. The second kappa shape index (κ2) is 3.34. The minimum absolute atomic E-state index is 0.178. The molecule has 0 atom stereocenters. The highest BCUT2D eigenvalue weighted by Crippen LogP contribution is 2.23. The van der Waals surface area contributed by atoms with Gasteiger partial charge in [0.25, 0.3) is 5.56 Å². The standard InChI is InChI=1S/C12H8N2O2/c15-12-10-4-2-1-3-9(10)11(13-14-12)8-5-6-16-7-8/h1-7H,(H,14,15). The van der Waals surface area contributed by atoms with E-state index in [4.69, 9.17) is 4.42 Å². The van der Waals surface area contributed by atoms with Crippen LogP contribution < -0.4 is 5.56 Å². The predicted molar refractivity (Wildman–Crippen MR) is 60.1 cm³/mol. The zero-order valence-electron chi connectivity index (χ0n) is 8.31. The summed E-state index contributed by atoms with van der Waals surface area (Å²) in [6.07, 6.45) is 3.18. The summed E-state index contributed by atoms with van der Waals surface area (Å²) in [4.78, 5) is 11.6. The third-order valence-corrected chi connectivity index (χ3v) is 2.49. The molecule has 1 N–H and O–H groups in total. The van der Waals surface area contributed by atoms with Gasteiger partial charge in [-0.3, -0.25) is 4.79 Å². The summed E-state index contributed by atoms with van der Waals surface area (Å²) in [6.45, 7) is 0. The minimum Gasteiger partial charge on any atom is -0.472 e. The third kappa shape index (κ3) is 1.24. The number of fused-ring (bicyclic) bond motifs is 1. The Hall–Kier alpha value is -2.36. The van der Waals surface area contributed by atoms with Gasteiger partial charge in [0.2, 0.25) is 0 Å². The molecule has 4 heteroatoms. The number of benzene rings is 1. The largest absolute Gasteiger partial charge is 0.472 e. The van der Waals surface area contributed by atoms with Crippen LogP contribution in [0, 0.1) is 0 Å². The predicted octanol–water partition coefficient (Wildman–Crippen LogP) is 2.18. The first kappa shape index (κ1) is 8.91. The molecule has 0 aliphatic heterocycles. The Morgan fingerprint density at radius 1 is 1.12 bits per heavy atom. The van der Waals surface area contributed by atoms with Gasteiger partial charge in [0.15, 0.2) is 0 Å². The van der Waals surface area contributed by atoms with E-state index in [1.165, 1.54) is 0 Å². The minimum atomic E-state index is -0.178. The molecule has 3 aromatic rings. The molecular weight excluding hydrogens is 204 g/mol. The van der Waals surface area contributed by atoms with E-state index >= 15 is 0 Å². The topological polar surface area (TPSA) is 58.9 Å². The fourth-order valence-corrected chi connectivity index (χ4v) is 1.73. The van der Waals surface area contributed by atoms with Crippen molar-refractivity contribution in [3.63, 3.8) is 0 Å². The molecule has 0 saturated carbocycles. The van der Waals surface area contributed by atoms with Crippen LogP contribution in [0.2, 0.25) is 0 Å². The van der Waals surface area contributed by atoms with Crippen LogP contribution in [0.15, 0.2) is 52.1 Å². The van der Waals surface area contributed by atoms with Crippen LogP contribution in [0.3, 0.4) is 0 Å². The van der Waals surface area contributed by atoms with Crippen molar-refractivity contribution < 1.29 is 4.42 Å². The second-order valence-electron chi connectivity index (χ2n) is 3.46. The smallest absolute Gasteiger partial charge is 0.272 e. The van der Waals surface area contributed by atoms with E-state index in [2.05, 4.69) is 10.2 Å². The highest BCUT2D eigenvalue weighted by molar-refractivity contribution is 5.93. The molecule has 0 spiro atoms. The normalized spacial score (nSPS) is 10.8. The van der Waals surface area contributed by atoms with Crippen LogP contribution in [-0.4, -0.2) is 10.2 Å². The number of aromatic amines is 1. The SMILES string of the molecule is O=c1[nH]nc(-c2ccoc2)c2ccccc12. The van der Waals surface area contributed by atoms with Crippen LogP contribution in [0.5, 0.6) is 0 Å². The van der Waals surface area contributed by atoms with Gasteiger partial charge in [-0.05, 0) is 12.1 Å². The van der Waals surface area contributed by atoms with Crippen molar-refractivity contribution in [2.24, 2.45) is 0 Å². The number of aromatic nitrogens is 2. The molecule has 4 nitrogen and oxygen atoms in total. The lowest BCUT2D eigenvalue weighted by Gasteiger charge is -2.01. The Morgan fingerprint density at radius 2 is 1.94 bits per heavy atom. The van der Waals surface area contributed by atoms with Crippen molar-refractivity contribution in [2.45, 2.75) is 0 Å². The highest BCUT2D eigenvalue weighted by atomic mass is 16.3. The third-order valence-electron chi connectivity index (χ3n) is 2.49. The molecule has 2 aromatic heterocycles. The van der Waals surface area contributed by atoms with Crippen molar-refractivity contribution in [2.75, 3.05) is 0 Å². The molecule has 2 heterocycles. The fraction of sp³-hybridized carbons (Fsp3) is 0. The van der Waals surface area contributed by atoms with Crippen molar-refractivity contribution >= 4 is 10.8 Å². The molecule has 78 valence electrons. The molecule has 0 fully saturated rings. The molecule has 0 radical (unpaired) electrons. The van der Waals surface area contributed by atoms with E-state index in [0.29, 0.717) is 5.39 Å². The zero-order valence-corrected chi connectivity index (χ0v) is 8.31. The first-order chi connectivity index (χ1) is 7.86. The molecule has 1 aromatic carbocycles. The van der Waals surface area contributed by atoms with Crippen LogP contribution >= 0.6 is 0 Å². The summed E-state index contributed by atoms with van der Waals surface area (Å²) in [5.41, 5.74) is 1.40. The van der Waals surface area contributed by atoms with Crippen LogP contribution in [0.1, 0.15) is 0 Å². The monoisotopic (exact) mass is 212 g/mol. The molecule has 0 saturated heterocycles. The first-order valence-electron chi connectivity index (χ1n) is 4.86. The van der Waals surface area contributed by atoms with Crippen LogP contribution in [0.4, 0.5) is 0 Å². The van der Waals surface area contributed by atoms with E-state index in [-0.39, 0.29) is 5.56 Å². The van der Waals surface area contributed by atoms with E-state index < -0.39 is 0 Å². The lowest BCUT2D eigenvalue weighted by molar-refractivity contribution is 0.568. The Labute approximate surface area is 90.5 Å². The van der Waals surface area contributed by atoms with Gasteiger partial charge in [-0.1, -0.05) is 18.2 Å². The van der Waals surface area contributed by atoms with Gasteiger partial charge in [-0.15, -0.1) is 0 Å². The van der Waals surface area contributed by atoms with Gasteiger partial charge in [-0.2, -0.15) is 5.10 Å². The molecule has 16 heavy (non-hydrogen) atoms. The van der Waals surface area contributed by atoms with Gasteiger partial charge in [0.1, 0.15) is 5.69 Å². The molecule has 0 bridgehead atoms. The second-order valence-corrected chi connectivity index (χ2v) is 3.46. The quantitative estimate of drug-likeness (QED) is 0.672. The molecule has 0 aliphatic carbocycles. The van der Waals surface area contributed by atoms with Crippen molar-refractivity contribution in [3.8, 4) is 11.3 Å². The lowest BCUT2D eigenvalue weighted by atomic mass is 10.1. The van der Waals surface area contributed by atoms with Crippen molar-refractivity contribution in [3.05, 3.63) is 53.2 Å². The summed E-state index contributed by atoms with van der Waals surface area (Å²) in [5.74, 6) is 0. The summed E-state index contributed by atoms with van der Waals surface area (Å²) in [7, 11) is 0. The number of nitrogens with one attached hydrogen (secondary N) is 1. The summed E-state index contributed by atoms with van der Waals surface area (Å²) < 4.78 is 5.02. The number of furan rings is 1. The van der Waals surface area contributed by atoms with Crippen LogP contribution in [0.25, 0.3) is 22.0 Å². The average molecular weight is 212 g/mol. The Bertz CT molecular complexity index is 684. The van der Waals surface area contributed by atoms with Gasteiger partial charge < -0.3 is 4.42 Å². The highest BCUT2D eigenvalue weighted by Gasteiger charge is 2.08. The van der Waals surface area contributed by atoms with E-state index in [1.807, 2.05) is 24.3 Å². The number of hydrogen-bond acceptors (Lipinski definition) is 3. The van der Waals surface area contributed by atoms with E-state index in [9.17, 15) is 4.79 Å². The molecule has 0 aliphatic rings. The maximum atomic E-state index is 11.6. The van der Waals surface area contributed by atoms with Gasteiger partial charge in [-0.25, -0.2) is 5.10 Å². The molecule has 3 rings (SSSR count). The summed E-state index contributed by atoms with van der Waals surface area (Å²) in [6, 6.07) is 9.18. The molecule has 0 unspecified atom stereocenters. The zero-order chi connectivity index (χ0) is 11.0. The van der Waals surface area contributed by atoms with Gasteiger partial charge in [0.05, 0.1) is 17.9 Å². The van der Waals surface area contributed by atoms with Crippen LogP contribution in [-0.2, 0) is 0 Å². The van der Waals surface area contributed by atoms with E-state index in [0.717, 1.165) is 16.6 Å². The fourth-order valence-electron chi connectivity index (χ4n) is 1.73. The Morgan fingerprint density at radius 3 is 2.69 bits per heavy atom. The van der Waals surface area contributed by atoms with Gasteiger partial charge in [0, 0.05) is 10.9 Å². The van der Waals surface area contributed by atoms with Gasteiger partial charge >= 0.3 is 0 Å². The first-order valence-corrected chi connectivity index (χ1v) is 4.86. The number of H-pyrrole nitrogens is 1. The number of rotatable bonds is 1. The summed E-state index contributed by atoms with van der Waals surface area (Å²) >= 11 is 0. The maximum Gasteiger partial charge on any atom is 0.272 e. The molecule has 0 amide bonds. The molecular formula is C12H8N2O2. The van der Waals surface area contributed by atoms with E-state index in [1.54, 1.807) is 18.6 Å². The number of hydrogen-bond donors (Lipinski definition) is 1.